The lowest BCUT2D eigenvalue weighted by Gasteiger charge is -2.27. The summed E-state index contributed by atoms with van der Waals surface area (Å²) < 4.78 is 4.75. The first-order valence-electron chi connectivity index (χ1n) is 5.04. The largest absolute Gasteiger partial charge is 0.479 e. The molecule has 0 rings (SSSR count). The minimum Gasteiger partial charge on any atom is -0.479 e. The summed E-state index contributed by atoms with van der Waals surface area (Å²) >= 11 is 0. The minimum atomic E-state index is -1.52. The number of hydrogen-bond acceptors (Lipinski definition) is 4. The van der Waals surface area contributed by atoms with Crippen LogP contribution in [0.1, 0.15) is 20.8 Å². The molecule has 0 spiro atoms. The van der Waals surface area contributed by atoms with Gasteiger partial charge in [0.05, 0.1) is 6.61 Å². The van der Waals surface area contributed by atoms with Crippen LogP contribution in [0.5, 0.6) is 0 Å². The number of carboxylic acids is 1. The van der Waals surface area contributed by atoms with Crippen molar-refractivity contribution in [1.82, 2.24) is 10.6 Å². The van der Waals surface area contributed by atoms with E-state index in [0.29, 0.717) is 0 Å². The highest BCUT2D eigenvalue weighted by Crippen LogP contribution is 2.05. The molecule has 0 bridgehead atoms. The second kappa shape index (κ2) is 6.19. The van der Waals surface area contributed by atoms with E-state index in [4.69, 9.17) is 9.84 Å². The minimum absolute atomic E-state index is 0.166. The molecule has 3 N–H and O–H groups in total. The van der Waals surface area contributed by atoms with Crippen LogP contribution >= 0.6 is 0 Å². The van der Waals surface area contributed by atoms with Crippen molar-refractivity contribution in [1.29, 1.82) is 0 Å². The highest BCUT2D eigenvalue weighted by atomic mass is 16.5. The number of carbonyl (C=O) groups excluding carboxylic acids is 2. The maximum Gasteiger partial charge on any atom is 0.331 e. The molecule has 0 aromatic carbocycles. The van der Waals surface area contributed by atoms with Crippen LogP contribution in [0.15, 0.2) is 0 Å². The molecule has 0 aromatic heterocycles. The molecule has 0 aliphatic rings. The van der Waals surface area contributed by atoms with E-state index in [9.17, 15) is 14.4 Å². The van der Waals surface area contributed by atoms with Gasteiger partial charge in [-0.05, 0) is 13.8 Å². The zero-order valence-electron chi connectivity index (χ0n) is 10.4. The summed E-state index contributed by atoms with van der Waals surface area (Å²) in [7, 11) is 1.34. The lowest BCUT2D eigenvalue weighted by atomic mass is 10.0. The normalized spacial score (nSPS) is 15.5. The zero-order chi connectivity index (χ0) is 13.6. The van der Waals surface area contributed by atoms with Crippen LogP contribution in [0, 0.1) is 0 Å². The van der Waals surface area contributed by atoms with E-state index in [-0.39, 0.29) is 12.5 Å². The Balaban J connectivity index is 4.61. The number of nitrogens with one attached hydrogen (secondary N) is 2. The Hall–Kier alpha value is -1.63. The molecule has 0 aromatic rings. The van der Waals surface area contributed by atoms with E-state index >= 15 is 0 Å². The molecule has 17 heavy (non-hydrogen) atoms. The molecule has 0 heterocycles. The molecule has 2 unspecified atom stereocenters. The fourth-order valence-corrected chi connectivity index (χ4v) is 1.19. The molecule has 7 heteroatoms. The predicted octanol–water partition coefficient (Wildman–Crippen LogP) is -0.883. The number of rotatable bonds is 6. The number of carboxylic acid groups (broad SMARTS) is 1. The van der Waals surface area contributed by atoms with Crippen molar-refractivity contribution in [3.63, 3.8) is 0 Å². The maximum atomic E-state index is 11.6. The Morgan fingerprint density at radius 3 is 2.29 bits per heavy atom. The zero-order valence-corrected chi connectivity index (χ0v) is 10.4. The van der Waals surface area contributed by atoms with Crippen molar-refractivity contribution in [2.45, 2.75) is 32.4 Å². The first kappa shape index (κ1) is 15.4. The van der Waals surface area contributed by atoms with Gasteiger partial charge < -0.3 is 20.5 Å². The van der Waals surface area contributed by atoms with Crippen molar-refractivity contribution in [3.05, 3.63) is 0 Å². The predicted molar refractivity (Wildman–Crippen MR) is 59.3 cm³/mol. The van der Waals surface area contributed by atoms with Crippen LogP contribution in [-0.2, 0) is 19.1 Å². The van der Waals surface area contributed by atoms with E-state index in [0.717, 1.165) is 0 Å². The second-order valence-corrected chi connectivity index (χ2v) is 3.98. The maximum absolute atomic E-state index is 11.6. The standard InChI is InChI=1S/C10H18N2O5/c1-6(11-7(2)13)8(14)12-10(3,5-17-4)9(15)16/h6H,5H2,1-4H3,(H,11,13)(H,12,14)(H,15,16). The van der Waals surface area contributed by atoms with Gasteiger partial charge in [-0.25, -0.2) is 4.79 Å². The van der Waals surface area contributed by atoms with Crippen LogP contribution in [0.25, 0.3) is 0 Å². The SMILES string of the molecule is COCC(C)(NC(=O)C(C)NC(C)=O)C(=O)O. The van der Waals surface area contributed by atoms with Gasteiger partial charge in [-0.1, -0.05) is 0 Å². The van der Waals surface area contributed by atoms with Crippen molar-refractivity contribution < 1.29 is 24.2 Å². The van der Waals surface area contributed by atoms with E-state index in [2.05, 4.69) is 10.6 Å². The number of carbonyl (C=O) groups is 3. The Labute approximate surface area is 99.5 Å². The van der Waals surface area contributed by atoms with Crippen LogP contribution in [0.4, 0.5) is 0 Å². The number of methoxy groups -OCH3 is 1. The van der Waals surface area contributed by atoms with E-state index < -0.39 is 23.5 Å². The van der Waals surface area contributed by atoms with Gasteiger partial charge in [-0.2, -0.15) is 0 Å². The quantitative estimate of drug-likeness (QED) is 0.564. The molecular weight excluding hydrogens is 228 g/mol. The summed E-state index contributed by atoms with van der Waals surface area (Å²) in [5.74, 6) is -2.15. The summed E-state index contributed by atoms with van der Waals surface area (Å²) in [6, 6.07) is -0.803. The van der Waals surface area contributed by atoms with Gasteiger partial charge in [0.2, 0.25) is 11.8 Å². The third-order valence-electron chi connectivity index (χ3n) is 2.12. The average molecular weight is 246 g/mol. The molecule has 0 aliphatic heterocycles. The Bertz CT molecular complexity index is 318. The fraction of sp³-hybridized carbons (Fsp3) is 0.700. The molecular formula is C10H18N2O5. The third kappa shape index (κ3) is 4.81. The molecule has 0 aliphatic carbocycles. The van der Waals surface area contributed by atoms with Crippen LogP contribution < -0.4 is 10.6 Å². The molecule has 0 saturated carbocycles. The summed E-state index contributed by atoms with van der Waals surface area (Å²) in [6.45, 7) is 3.90. The average Bonchev–Trinajstić information content (AvgIpc) is 2.16. The summed E-state index contributed by atoms with van der Waals surface area (Å²) in [5, 5.41) is 13.7. The van der Waals surface area contributed by atoms with Gasteiger partial charge in [0.15, 0.2) is 5.54 Å². The Morgan fingerprint density at radius 1 is 1.41 bits per heavy atom. The molecule has 2 atom stereocenters. The summed E-state index contributed by atoms with van der Waals surface area (Å²) in [4.78, 5) is 33.4. The second-order valence-electron chi connectivity index (χ2n) is 3.98. The fourth-order valence-electron chi connectivity index (χ4n) is 1.19. The first-order chi connectivity index (χ1) is 7.73. The van der Waals surface area contributed by atoms with Crippen LogP contribution in [0.2, 0.25) is 0 Å². The van der Waals surface area contributed by atoms with Crippen LogP contribution in [-0.4, -0.2) is 48.2 Å². The molecule has 0 radical (unpaired) electrons. The van der Waals surface area contributed by atoms with E-state index in [1.165, 1.54) is 27.9 Å². The number of amides is 2. The lowest BCUT2D eigenvalue weighted by Crippen LogP contribution is -2.59. The third-order valence-corrected chi connectivity index (χ3v) is 2.12. The number of ether oxygens (including phenoxy) is 1. The lowest BCUT2D eigenvalue weighted by molar-refractivity contribution is -0.149. The van der Waals surface area contributed by atoms with Crippen LogP contribution in [0.3, 0.4) is 0 Å². The number of hydrogen-bond donors (Lipinski definition) is 3. The molecule has 0 fully saturated rings. The monoisotopic (exact) mass is 246 g/mol. The molecule has 0 saturated heterocycles. The van der Waals surface area contributed by atoms with Gasteiger partial charge >= 0.3 is 5.97 Å². The van der Waals surface area contributed by atoms with E-state index in [1.807, 2.05) is 0 Å². The summed E-state index contributed by atoms with van der Waals surface area (Å²) in [6.07, 6.45) is 0. The van der Waals surface area contributed by atoms with Crippen molar-refractivity contribution in [2.24, 2.45) is 0 Å². The Morgan fingerprint density at radius 2 is 1.94 bits per heavy atom. The topological polar surface area (TPSA) is 105 Å². The highest BCUT2D eigenvalue weighted by Gasteiger charge is 2.36. The van der Waals surface area contributed by atoms with Gasteiger partial charge in [-0.3, -0.25) is 9.59 Å². The first-order valence-corrected chi connectivity index (χ1v) is 5.04. The van der Waals surface area contributed by atoms with Crippen molar-refractivity contribution >= 4 is 17.8 Å². The molecule has 7 nitrogen and oxygen atoms in total. The summed E-state index contributed by atoms with van der Waals surface area (Å²) in [5.41, 5.74) is -1.52. The highest BCUT2D eigenvalue weighted by molar-refractivity contribution is 5.91. The van der Waals surface area contributed by atoms with Gasteiger partial charge in [0.25, 0.3) is 0 Å². The van der Waals surface area contributed by atoms with Crippen molar-refractivity contribution in [2.75, 3.05) is 13.7 Å². The number of aliphatic carboxylic acids is 1. The molecule has 2 amide bonds. The smallest absolute Gasteiger partial charge is 0.331 e. The molecule has 98 valence electrons. The van der Waals surface area contributed by atoms with Gasteiger partial charge in [0, 0.05) is 14.0 Å². The van der Waals surface area contributed by atoms with Crippen molar-refractivity contribution in [3.8, 4) is 0 Å². The van der Waals surface area contributed by atoms with E-state index in [1.54, 1.807) is 0 Å². The Kier molecular flexibility index (Phi) is 5.60. The van der Waals surface area contributed by atoms with Gasteiger partial charge in [-0.15, -0.1) is 0 Å². The van der Waals surface area contributed by atoms with Gasteiger partial charge in [0.1, 0.15) is 6.04 Å².